The van der Waals surface area contributed by atoms with Crippen molar-refractivity contribution in [3.05, 3.63) is 64.5 Å². The number of ether oxygens (including phenoxy) is 2. The van der Waals surface area contributed by atoms with Gasteiger partial charge >= 0.3 is 5.97 Å². The average Bonchev–Trinajstić information content (AvgIpc) is 3.45. The summed E-state index contributed by atoms with van der Waals surface area (Å²) in [7, 11) is -6.21. The quantitative estimate of drug-likeness (QED) is 0.301. The van der Waals surface area contributed by atoms with Crippen molar-refractivity contribution in [2.24, 2.45) is 0 Å². The molecule has 0 saturated heterocycles. The first-order chi connectivity index (χ1) is 16.6. The third-order valence-electron chi connectivity index (χ3n) is 4.71. The van der Waals surface area contributed by atoms with E-state index in [4.69, 9.17) is 20.8 Å². The number of benzene rings is 2. The maximum Gasteiger partial charge on any atom is 0.342 e. The van der Waals surface area contributed by atoms with Gasteiger partial charge in [-0.15, -0.1) is 11.3 Å². The second kappa shape index (κ2) is 9.41. The molecule has 0 bridgehead atoms. The summed E-state index contributed by atoms with van der Waals surface area (Å²) in [6, 6.07) is 12.0. The highest BCUT2D eigenvalue weighted by Gasteiger charge is 2.29. The van der Waals surface area contributed by atoms with Gasteiger partial charge in [0.2, 0.25) is 5.09 Å². The van der Waals surface area contributed by atoms with E-state index in [-0.39, 0.29) is 37.0 Å². The van der Waals surface area contributed by atoms with Gasteiger partial charge in [0.05, 0.1) is 25.6 Å². The predicted molar refractivity (Wildman–Crippen MR) is 131 cm³/mol. The van der Waals surface area contributed by atoms with Gasteiger partial charge < -0.3 is 13.9 Å². The van der Waals surface area contributed by atoms with Crippen molar-refractivity contribution in [3.8, 4) is 5.75 Å². The van der Waals surface area contributed by atoms with Crippen LogP contribution in [0.15, 0.2) is 67.6 Å². The van der Waals surface area contributed by atoms with Crippen LogP contribution in [0, 0.1) is 0 Å². The molecule has 0 unspecified atom stereocenters. The second-order valence-corrected chi connectivity index (χ2v) is 11.8. The summed E-state index contributed by atoms with van der Waals surface area (Å²) in [6.07, 6.45) is 0. The molecule has 2 aromatic heterocycles. The smallest absolute Gasteiger partial charge is 0.342 e. The van der Waals surface area contributed by atoms with Crippen LogP contribution < -0.4 is 14.2 Å². The zero-order chi connectivity index (χ0) is 25.4. The number of furan rings is 1. The minimum absolute atomic E-state index is 0.0673. The van der Waals surface area contributed by atoms with Crippen LogP contribution in [-0.2, 0) is 24.8 Å². The van der Waals surface area contributed by atoms with E-state index in [9.17, 15) is 21.6 Å². The molecule has 4 aromatic rings. The molecule has 0 aliphatic carbocycles. The molecule has 184 valence electrons. The summed E-state index contributed by atoms with van der Waals surface area (Å²) in [6.45, 7) is 0. The lowest BCUT2D eigenvalue weighted by atomic mass is 10.3. The lowest BCUT2D eigenvalue weighted by Gasteiger charge is -2.14. The van der Waals surface area contributed by atoms with E-state index in [2.05, 4.69) is 14.2 Å². The normalized spacial score (nSPS) is 11.9. The number of thiophene rings is 1. The Bertz CT molecular complexity index is 1610. The lowest BCUT2D eigenvalue weighted by Crippen LogP contribution is -2.17. The highest BCUT2D eigenvalue weighted by molar-refractivity contribution is 7.95. The number of halogens is 1. The fourth-order valence-electron chi connectivity index (χ4n) is 3.12. The van der Waals surface area contributed by atoms with Gasteiger partial charge in [-0.3, -0.25) is 9.44 Å². The van der Waals surface area contributed by atoms with Crippen LogP contribution in [-0.4, -0.2) is 37.0 Å². The summed E-state index contributed by atoms with van der Waals surface area (Å²) >= 11 is 6.78. The molecule has 0 atom stereocenters. The molecule has 0 fully saturated rings. The Labute approximate surface area is 209 Å². The van der Waals surface area contributed by atoms with Gasteiger partial charge in [0.1, 0.15) is 11.1 Å². The molecule has 10 nitrogen and oxygen atoms in total. The maximum absolute atomic E-state index is 13.1. The van der Waals surface area contributed by atoms with Crippen molar-refractivity contribution < 1.29 is 35.5 Å². The van der Waals surface area contributed by atoms with Gasteiger partial charge in [0.15, 0.2) is 9.96 Å². The van der Waals surface area contributed by atoms with Crippen LogP contribution in [0.4, 0.5) is 11.4 Å². The molecule has 0 aliphatic heterocycles. The topological polar surface area (TPSA) is 141 Å². The van der Waals surface area contributed by atoms with Crippen molar-refractivity contribution in [1.82, 2.24) is 0 Å². The van der Waals surface area contributed by atoms with E-state index in [1.54, 1.807) is 24.3 Å². The number of carbonyl (C=O) groups is 1. The zero-order valence-electron chi connectivity index (χ0n) is 18.1. The highest BCUT2D eigenvalue weighted by atomic mass is 35.5. The number of esters is 1. The first kappa shape index (κ1) is 24.9. The van der Waals surface area contributed by atoms with Gasteiger partial charge in [-0.05, 0) is 24.3 Å². The molecule has 2 N–H and O–H groups in total. The van der Waals surface area contributed by atoms with Crippen LogP contribution >= 0.6 is 22.9 Å². The van der Waals surface area contributed by atoms with Crippen molar-refractivity contribution in [2.75, 3.05) is 23.7 Å². The number of methoxy groups -OCH3 is 2. The molecular weight excluding hydrogens is 540 g/mol. The third-order valence-corrected chi connectivity index (χ3v) is 9.02. The largest absolute Gasteiger partial charge is 0.493 e. The first-order valence-corrected chi connectivity index (χ1v) is 13.9. The molecule has 0 aliphatic rings. The first-order valence-electron chi connectivity index (χ1n) is 9.63. The number of carbonyl (C=O) groups excluding carboxylic acids is 1. The third kappa shape index (κ3) is 4.93. The molecule has 35 heavy (non-hydrogen) atoms. The number of hydrogen-bond acceptors (Lipinski definition) is 9. The zero-order valence-corrected chi connectivity index (χ0v) is 21.3. The Balaban J connectivity index is 1.70. The summed E-state index contributed by atoms with van der Waals surface area (Å²) in [5.41, 5.74) is 0.0304. The van der Waals surface area contributed by atoms with Crippen LogP contribution in [0.1, 0.15) is 10.4 Å². The SMILES string of the molecule is COC(=O)c1csc(S(=O)(=O)Nc2ccc(Cl)cc2NS(=O)(=O)c2cc3ccccc3o2)c1OC. The number of rotatable bonds is 8. The summed E-state index contributed by atoms with van der Waals surface area (Å²) < 4.78 is 71.8. The number of hydrogen-bond donors (Lipinski definition) is 2. The summed E-state index contributed by atoms with van der Waals surface area (Å²) in [5, 5.41) is 1.64. The number of para-hydroxylation sites is 1. The average molecular weight is 557 g/mol. The molecule has 0 amide bonds. The van der Waals surface area contributed by atoms with Gasteiger partial charge in [-0.2, -0.15) is 8.42 Å². The molecule has 14 heteroatoms. The Morgan fingerprint density at radius 3 is 2.37 bits per heavy atom. The summed E-state index contributed by atoms with van der Waals surface area (Å²) in [4.78, 5) is 11.9. The number of nitrogens with one attached hydrogen (secondary N) is 2. The molecule has 2 heterocycles. The van der Waals surface area contributed by atoms with Crippen LogP contribution in [0.5, 0.6) is 5.75 Å². The van der Waals surface area contributed by atoms with Crippen LogP contribution in [0.2, 0.25) is 5.02 Å². The van der Waals surface area contributed by atoms with E-state index < -0.39 is 26.0 Å². The Morgan fingerprint density at radius 1 is 0.971 bits per heavy atom. The number of sulfonamides is 2. The maximum atomic E-state index is 13.1. The van der Waals surface area contributed by atoms with Crippen molar-refractivity contribution in [1.29, 1.82) is 0 Å². The van der Waals surface area contributed by atoms with Gasteiger partial charge in [-0.1, -0.05) is 29.8 Å². The fourth-order valence-corrected chi connectivity index (χ4v) is 6.84. The van der Waals surface area contributed by atoms with Crippen molar-refractivity contribution in [3.63, 3.8) is 0 Å². The fraction of sp³-hybridized carbons (Fsp3) is 0.0952. The Morgan fingerprint density at radius 2 is 1.69 bits per heavy atom. The van der Waals surface area contributed by atoms with Crippen molar-refractivity contribution >= 4 is 71.3 Å². The second-order valence-electron chi connectivity index (χ2n) is 6.97. The van der Waals surface area contributed by atoms with Gasteiger partial charge in [-0.25, -0.2) is 13.2 Å². The van der Waals surface area contributed by atoms with E-state index >= 15 is 0 Å². The lowest BCUT2D eigenvalue weighted by molar-refractivity contribution is 0.0597. The van der Waals surface area contributed by atoms with E-state index in [0.29, 0.717) is 11.0 Å². The molecule has 0 radical (unpaired) electrons. The minimum Gasteiger partial charge on any atom is -0.493 e. The molecule has 2 aromatic carbocycles. The monoisotopic (exact) mass is 556 g/mol. The highest BCUT2D eigenvalue weighted by Crippen LogP contribution is 2.38. The summed E-state index contributed by atoms with van der Waals surface area (Å²) in [5.74, 6) is -0.974. The molecule has 0 saturated carbocycles. The molecule has 4 rings (SSSR count). The molecular formula is C21H17ClN2O8S3. The standard InChI is InChI=1S/C21H17ClN2O8S3/c1-30-19-14(20(25)31-2)11-33-21(19)35(28,29)23-15-8-7-13(22)10-16(15)24-34(26,27)18-9-12-5-3-4-6-17(12)32-18/h3-11,23-24H,1-2H3. The van der Waals surface area contributed by atoms with E-state index in [1.165, 1.54) is 36.8 Å². The Hall–Kier alpha value is -3.26. The minimum atomic E-state index is -4.32. The molecule has 0 spiro atoms. The van der Waals surface area contributed by atoms with Crippen LogP contribution in [0.3, 0.4) is 0 Å². The Kier molecular flexibility index (Phi) is 6.68. The van der Waals surface area contributed by atoms with Gasteiger partial charge in [0.25, 0.3) is 20.0 Å². The number of fused-ring (bicyclic) bond motifs is 1. The van der Waals surface area contributed by atoms with Gasteiger partial charge in [0, 0.05) is 21.9 Å². The van der Waals surface area contributed by atoms with Crippen LogP contribution in [0.25, 0.3) is 11.0 Å². The van der Waals surface area contributed by atoms with Crippen molar-refractivity contribution in [2.45, 2.75) is 9.30 Å². The van der Waals surface area contributed by atoms with E-state index in [0.717, 1.165) is 18.4 Å². The van der Waals surface area contributed by atoms with E-state index in [1.807, 2.05) is 0 Å². The predicted octanol–water partition coefficient (Wildman–Crippen LogP) is 4.54. The number of anilines is 2.